The molecule has 2 aliphatic heterocycles. The maximum Gasteiger partial charge on any atom is 0.449 e. The number of alkyl halides is 3. The zero-order valence-corrected chi connectivity index (χ0v) is 20.6. The first kappa shape index (κ1) is 26.1. The Labute approximate surface area is 201 Å². The maximum atomic E-state index is 13.0. The highest BCUT2D eigenvalue weighted by Crippen LogP contribution is 2.35. The van der Waals surface area contributed by atoms with Gasteiger partial charge in [-0.1, -0.05) is 20.3 Å². The summed E-state index contributed by atoms with van der Waals surface area (Å²) in [6.07, 6.45) is -0.573. The third kappa shape index (κ3) is 5.60. The fourth-order valence-electron chi connectivity index (χ4n) is 4.35. The van der Waals surface area contributed by atoms with Gasteiger partial charge in [0.15, 0.2) is 0 Å². The first-order valence-electron chi connectivity index (χ1n) is 11.4. The minimum absolute atomic E-state index is 0.0284. The molecule has 8 nitrogen and oxygen atoms in total. The van der Waals surface area contributed by atoms with Crippen molar-refractivity contribution in [1.82, 2.24) is 14.9 Å². The van der Waals surface area contributed by atoms with Gasteiger partial charge in [0.05, 0.1) is 11.9 Å². The Morgan fingerprint density at radius 3 is 2.56 bits per heavy atom. The van der Waals surface area contributed by atoms with Gasteiger partial charge in [-0.3, -0.25) is 10.8 Å². The number of amidine groups is 2. The molecule has 0 saturated carbocycles. The van der Waals surface area contributed by atoms with Gasteiger partial charge >= 0.3 is 6.18 Å². The second-order valence-electron chi connectivity index (χ2n) is 8.59. The molecule has 0 radical (unpaired) electrons. The number of anilines is 2. The number of piperazine rings is 1. The molecule has 0 bridgehead atoms. The van der Waals surface area contributed by atoms with E-state index < -0.39 is 12.0 Å². The number of hydrogen-bond acceptors (Lipinski definition) is 8. The summed E-state index contributed by atoms with van der Waals surface area (Å²) in [4.78, 5) is 16.6. The average molecular weight is 500 g/mol. The Kier molecular flexibility index (Phi) is 8.34. The summed E-state index contributed by atoms with van der Waals surface area (Å²) in [6.45, 7) is 6.24. The molecule has 12 heteroatoms. The number of aliphatic hydroxyl groups excluding tert-OH is 1. The molecule has 4 heterocycles. The van der Waals surface area contributed by atoms with Gasteiger partial charge in [0.1, 0.15) is 16.5 Å². The predicted octanol–water partition coefficient (Wildman–Crippen LogP) is 4.13. The number of piperidine rings is 1. The van der Waals surface area contributed by atoms with Crippen molar-refractivity contribution in [3.63, 3.8) is 0 Å². The number of nitrogens with one attached hydrogen (secondary N) is 2. The number of aliphatic hydroxyl groups is 1. The van der Waals surface area contributed by atoms with Gasteiger partial charge in [-0.25, -0.2) is 4.98 Å². The molecule has 2 aromatic heterocycles. The summed E-state index contributed by atoms with van der Waals surface area (Å²) < 4.78 is 39.0. The minimum Gasteiger partial charge on any atom is -0.400 e. The van der Waals surface area contributed by atoms with Crippen LogP contribution in [-0.4, -0.2) is 77.7 Å². The van der Waals surface area contributed by atoms with Gasteiger partial charge < -0.3 is 19.8 Å². The second kappa shape index (κ2) is 10.9. The minimum atomic E-state index is -4.77. The van der Waals surface area contributed by atoms with Crippen molar-refractivity contribution in [2.24, 2.45) is 5.92 Å². The van der Waals surface area contributed by atoms with E-state index in [1.807, 2.05) is 4.90 Å². The van der Waals surface area contributed by atoms with Gasteiger partial charge in [0, 0.05) is 38.2 Å². The van der Waals surface area contributed by atoms with Crippen LogP contribution in [-0.2, 0) is 6.42 Å². The highest BCUT2D eigenvalue weighted by atomic mass is 32.1. The van der Waals surface area contributed by atoms with E-state index in [9.17, 15) is 13.2 Å². The molecule has 2 aromatic rings. The van der Waals surface area contributed by atoms with E-state index in [0.29, 0.717) is 17.7 Å². The lowest BCUT2D eigenvalue weighted by Crippen LogP contribution is -2.55. The number of halogens is 3. The molecular weight excluding hydrogens is 467 g/mol. The number of aryl methyl sites for hydroxylation is 1. The van der Waals surface area contributed by atoms with Gasteiger partial charge in [0.2, 0.25) is 11.8 Å². The molecule has 0 aromatic carbocycles. The Morgan fingerprint density at radius 1 is 1.21 bits per heavy atom. The van der Waals surface area contributed by atoms with Crippen LogP contribution < -0.4 is 9.80 Å². The quantitative estimate of drug-likeness (QED) is 0.432. The van der Waals surface area contributed by atoms with E-state index in [1.54, 1.807) is 11.3 Å². The highest BCUT2D eigenvalue weighted by Gasteiger charge is 2.41. The number of fused-ring (bicyclic) bond motifs is 1. The van der Waals surface area contributed by atoms with Crippen molar-refractivity contribution in [1.29, 1.82) is 10.8 Å². The van der Waals surface area contributed by atoms with Crippen LogP contribution in [0.15, 0.2) is 6.07 Å². The summed E-state index contributed by atoms with van der Waals surface area (Å²) in [7, 11) is 1.00. The largest absolute Gasteiger partial charge is 0.449 e. The molecule has 1 atom stereocenters. The lowest BCUT2D eigenvalue weighted by atomic mass is 10.0. The number of thiophene rings is 1. The standard InChI is InChI=1S/C21H28F3N7S.CH4O/c1-3-5-14-10-15-17(29-8-9-31(16(25)12-29)19(26)21(22,23)24)27-20(28-18(15)32-14)30-7-4-6-13(2)11-30;1-2/h10,13,25-26H,3-9,11-12H2,1-2H3;2H,1H3. The maximum absolute atomic E-state index is 13.0. The number of aromatic nitrogens is 2. The number of rotatable bonds is 4. The molecule has 0 aliphatic carbocycles. The molecule has 2 saturated heterocycles. The van der Waals surface area contributed by atoms with Crippen LogP contribution in [0.25, 0.3) is 10.2 Å². The second-order valence-corrected chi connectivity index (χ2v) is 9.70. The zero-order valence-electron chi connectivity index (χ0n) is 19.7. The van der Waals surface area contributed by atoms with Crippen molar-refractivity contribution in [3.8, 4) is 0 Å². The average Bonchev–Trinajstić information content (AvgIpc) is 3.21. The zero-order chi connectivity index (χ0) is 25.0. The molecule has 1 unspecified atom stereocenters. The van der Waals surface area contributed by atoms with E-state index in [-0.39, 0.29) is 25.5 Å². The Hall–Kier alpha value is -2.47. The van der Waals surface area contributed by atoms with Crippen molar-refractivity contribution < 1.29 is 18.3 Å². The van der Waals surface area contributed by atoms with Crippen LogP contribution in [0.1, 0.15) is 38.0 Å². The van der Waals surface area contributed by atoms with Crippen LogP contribution in [0.3, 0.4) is 0 Å². The van der Waals surface area contributed by atoms with Crippen molar-refractivity contribution in [2.45, 2.75) is 45.7 Å². The number of hydrogen-bond donors (Lipinski definition) is 3. The van der Waals surface area contributed by atoms with Crippen molar-refractivity contribution in [3.05, 3.63) is 10.9 Å². The lowest BCUT2D eigenvalue weighted by Gasteiger charge is -2.38. The topological polar surface area (TPSA) is 103 Å². The lowest BCUT2D eigenvalue weighted by molar-refractivity contribution is -0.0671. The highest BCUT2D eigenvalue weighted by molar-refractivity contribution is 7.18. The molecular formula is C22H32F3N7OS. The molecule has 2 fully saturated rings. The third-order valence-electron chi connectivity index (χ3n) is 5.95. The Morgan fingerprint density at radius 2 is 1.94 bits per heavy atom. The molecule has 4 rings (SSSR count). The summed E-state index contributed by atoms with van der Waals surface area (Å²) in [5, 5.41) is 23.5. The van der Waals surface area contributed by atoms with Crippen LogP contribution in [0.4, 0.5) is 24.9 Å². The third-order valence-corrected chi connectivity index (χ3v) is 7.03. The molecule has 2 aliphatic rings. The van der Waals surface area contributed by atoms with E-state index >= 15 is 0 Å². The number of nitrogens with zero attached hydrogens (tertiary/aromatic N) is 5. The molecule has 34 heavy (non-hydrogen) atoms. The van der Waals surface area contributed by atoms with Crippen LogP contribution in [0.5, 0.6) is 0 Å². The van der Waals surface area contributed by atoms with E-state index in [2.05, 4.69) is 24.8 Å². The van der Waals surface area contributed by atoms with Gasteiger partial charge in [-0.2, -0.15) is 18.2 Å². The Balaban J connectivity index is 0.00000158. The summed E-state index contributed by atoms with van der Waals surface area (Å²) in [6, 6.07) is 2.08. The Bertz CT molecular complexity index is 1030. The monoisotopic (exact) mass is 499 g/mol. The molecule has 0 spiro atoms. The van der Waals surface area contributed by atoms with E-state index in [1.165, 1.54) is 11.3 Å². The summed E-state index contributed by atoms with van der Waals surface area (Å²) in [5.41, 5.74) is 0. The van der Waals surface area contributed by atoms with E-state index in [0.717, 1.165) is 54.6 Å². The van der Waals surface area contributed by atoms with Gasteiger partial charge in [-0.15, -0.1) is 11.3 Å². The van der Waals surface area contributed by atoms with Gasteiger partial charge in [-0.05, 0) is 31.2 Å². The van der Waals surface area contributed by atoms with Crippen LogP contribution in [0.2, 0.25) is 0 Å². The van der Waals surface area contributed by atoms with Crippen LogP contribution >= 0.6 is 11.3 Å². The molecule has 188 valence electrons. The van der Waals surface area contributed by atoms with Gasteiger partial charge in [0.25, 0.3) is 0 Å². The first-order chi connectivity index (χ1) is 16.2. The SMILES string of the molecule is CCCc1cc2c(N3CCN(C(=N)C(F)(F)F)C(=N)C3)nc(N3CCCC(C)C3)nc2s1.CO. The van der Waals surface area contributed by atoms with Crippen molar-refractivity contribution in [2.75, 3.05) is 49.6 Å². The van der Waals surface area contributed by atoms with E-state index in [4.69, 9.17) is 25.9 Å². The predicted molar refractivity (Wildman–Crippen MR) is 131 cm³/mol. The first-order valence-corrected chi connectivity index (χ1v) is 12.2. The normalized spacial score (nSPS) is 19.3. The summed E-state index contributed by atoms with van der Waals surface area (Å²) >= 11 is 1.64. The molecule has 3 N–H and O–H groups in total. The van der Waals surface area contributed by atoms with Crippen LogP contribution in [0, 0.1) is 16.7 Å². The smallest absolute Gasteiger partial charge is 0.400 e. The molecule has 0 amide bonds. The summed E-state index contributed by atoms with van der Waals surface area (Å²) in [5.74, 6) is 0.141. The fraction of sp³-hybridized carbons (Fsp3) is 0.636. The fourth-order valence-corrected chi connectivity index (χ4v) is 5.47. The van der Waals surface area contributed by atoms with Crippen molar-refractivity contribution >= 4 is 45.0 Å².